The lowest BCUT2D eigenvalue weighted by Crippen LogP contribution is -2.22. The minimum Gasteiger partial charge on any atom is -0.385 e. The van der Waals surface area contributed by atoms with E-state index in [9.17, 15) is 14.7 Å². The molecule has 0 aromatic carbocycles. The fourth-order valence-corrected chi connectivity index (χ4v) is 1.47. The topological polar surface area (TPSA) is 54.4 Å². The van der Waals surface area contributed by atoms with E-state index < -0.39 is 5.60 Å². The van der Waals surface area contributed by atoms with Gasteiger partial charge in [0.25, 0.3) is 0 Å². The average Bonchev–Trinajstić information content (AvgIpc) is 2.02. The van der Waals surface area contributed by atoms with Crippen molar-refractivity contribution >= 4 is 11.6 Å². The minimum atomic E-state index is -1.11. The van der Waals surface area contributed by atoms with Crippen LogP contribution in [0.3, 0.4) is 0 Å². The molecule has 0 aromatic rings. The van der Waals surface area contributed by atoms with Gasteiger partial charge in [0.1, 0.15) is 0 Å². The Morgan fingerprint density at radius 1 is 1.58 bits per heavy atom. The second kappa shape index (κ2) is 2.52. The van der Waals surface area contributed by atoms with Gasteiger partial charge in [0.2, 0.25) is 0 Å². The van der Waals surface area contributed by atoms with Crippen molar-refractivity contribution < 1.29 is 14.7 Å². The summed E-state index contributed by atoms with van der Waals surface area (Å²) in [5.74, 6) is -0.500. The molecule has 1 aliphatic carbocycles. The Kier molecular flexibility index (Phi) is 1.92. The lowest BCUT2D eigenvalue weighted by atomic mass is 9.99. The summed E-state index contributed by atoms with van der Waals surface area (Å²) in [5, 5.41) is 9.62. The molecule has 1 atom stereocenters. The monoisotopic (exact) mass is 168 g/mol. The Morgan fingerprint density at radius 3 is 2.25 bits per heavy atom. The van der Waals surface area contributed by atoms with Crippen LogP contribution in [0.2, 0.25) is 0 Å². The molecule has 1 unspecified atom stereocenters. The van der Waals surface area contributed by atoms with Gasteiger partial charge in [0.15, 0.2) is 11.6 Å². The summed E-state index contributed by atoms with van der Waals surface area (Å²) in [6.07, 6.45) is 0.0355. The maximum Gasteiger partial charge on any atom is 0.169 e. The zero-order chi connectivity index (χ0) is 9.52. The van der Waals surface area contributed by atoms with Gasteiger partial charge in [-0.1, -0.05) is 0 Å². The van der Waals surface area contributed by atoms with Crippen molar-refractivity contribution in [2.24, 2.45) is 0 Å². The van der Waals surface area contributed by atoms with Crippen molar-refractivity contribution in [1.82, 2.24) is 0 Å². The number of hydrogen-bond acceptors (Lipinski definition) is 3. The van der Waals surface area contributed by atoms with Crippen LogP contribution in [0.4, 0.5) is 0 Å². The highest BCUT2D eigenvalue weighted by Gasteiger charge is 2.39. The third-order valence-electron chi connectivity index (χ3n) is 2.32. The number of Topliss-reactive ketones (excluding diaryl/α,β-unsaturated/α-hetero) is 2. The van der Waals surface area contributed by atoms with E-state index in [0.29, 0.717) is 5.57 Å². The highest BCUT2D eigenvalue weighted by atomic mass is 16.3. The SMILES string of the molecule is CC(=O)C1=C(C)C(C)(O)CC1=O. The van der Waals surface area contributed by atoms with E-state index in [4.69, 9.17) is 0 Å². The summed E-state index contributed by atoms with van der Waals surface area (Å²) in [4.78, 5) is 22.2. The Hall–Kier alpha value is -0.960. The van der Waals surface area contributed by atoms with E-state index in [1.807, 2.05) is 0 Å². The van der Waals surface area contributed by atoms with Gasteiger partial charge in [0.05, 0.1) is 11.2 Å². The van der Waals surface area contributed by atoms with E-state index in [1.54, 1.807) is 13.8 Å². The first-order valence-corrected chi connectivity index (χ1v) is 3.84. The molecule has 66 valence electrons. The molecule has 3 heteroatoms. The highest BCUT2D eigenvalue weighted by molar-refractivity contribution is 6.22. The first-order valence-electron chi connectivity index (χ1n) is 3.84. The van der Waals surface area contributed by atoms with Gasteiger partial charge < -0.3 is 5.11 Å². The number of allylic oxidation sites excluding steroid dienone is 1. The lowest BCUT2D eigenvalue weighted by molar-refractivity contribution is -0.120. The van der Waals surface area contributed by atoms with Gasteiger partial charge in [-0.3, -0.25) is 9.59 Å². The molecule has 0 amide bonds. The van der Waals surface area contributed by atoms with Gasteiger partial charge in [-0.2, -0.15) is 0 Å². The Labute approximate surface area is 71.1 Å². The second-order valence-corrected chi connectivity index (χ2v) is 3.43. The number of aliphatic hydroxyl groups is 1. The number of ketones is 2. The van der Waals surface area contributed by atoms with Crippen molar-refractivity contribution in [2.75, 3.05) is 0 Å². The molecule has 0 heterocycles. The number of hydrogen-bond donors (Lipinski definition) is 1. The highest BCUT2D eigenvalue weighted by Crippen LogP contribution is 2.32. The Balaban J connectivity index is 3.20. The molecular formula is C9H12O3. The Morgan fingerprint density at radius 2 is 2.08 bits per heavy atom. The van der Waals surface area contributed by atoms with Crippen molar-refractivity contribution in [1.29, 1.82) is 0 Å². The van der Waals surface area contributed by atoms with E-state index in [0.717, 1.165) is 0 Å². The summed E-state index contributed by atoms with van der Waals surface area (Å²) in [5.41, 5.74) is -0.432. The molecule has 1 aliphatic rings. The predicted octanol–water partition coefficient (Wildman–Crippen LogP) is 0.616. The molecule has 1 rings (SSSR count). The maximum absolute atomic E-state index is 11.2. The predicted molar refractivity (Wildman–Crippen MR) is 43.6 cm³/mol. The zero-order valence-electron chi connectivity index (χ0n) is 7.47. The van der Waals surface area contributed by atoms with Crippen LogP contribution in [0, 0.1) is 0 Å². The van der Waals surface area contributed by atoms with Crippen LogP contribution in [0.15, 0.2) is 11.1 Å². The molecule has 0 saturated heterocycles. The van der Waals surface area contributed by atoms with E-state index in [1.165, 1.54) is 6.92 Å². The van der Waals surface area contributed by atoms with Crippen LogP contribution in [0.5, 0.6) is 0 Å². The van der Waals surface area contributed by atoms with Crippen LogP contribution >= 0.6 is 0 Å². The maximum atomic E-state index is 11.2. The summed E-state index contributed by atoms with van der Waals surface area (Å²) in [6.45, 7) is 4.52. The van der Waals surface area contributed by atoms with E-state index in [2.05, 4.69) is 0 Å². The molecule has 0 aliphatic heterocycles. The smallest absolute Gasteiger partial charge is 0.169 e. The Bertz CT molecular complexity index is 284. The van der Waals surface area contributed by atoms with Crippen molar-refractivity contribution in [2.45, 2.75) is 32.8 Å². The van der Waals surface area contributed by atoms with Gasteiger partial charge in [-0.15, -0.1) is 0 Å². The molecule has 0 spiro atoms. The number of rotatable bonds is 1. The third kappa shape index (κ3) is 1.20. The fraction of sp³-hybridized carbons (Fsp3) is 0.556. The molecule has 0 bridgehead atoms. The van der Waals surface area contributed by atoms with E-state index in [-0.39, 0.29) is 23.6 Å². The molecule has 12 heavy (non-hydrogen) atoms. The van der Waals surface area contributed by atoms with Crippen LogP contribution in [-0.4, -0.2) is 22.3 Å². The number of carbonyl (C=O) groups excluding carboxylic acids is 2. The lowest BCUT2D eigenvalue weighted by Gasteiger charge is -2.16. The van der Waals surface area contributed by atoms with E-state index >= 15 is 0 Å². The van der Waals surface area contributed by atoms with Crippen LogP contribution in [-0.2, 0) is 9.59 Å². The average molecular weight is 168 g/mol. The van der Waals surface area contributed by atoms with Gasteiger partial charge in [0, 0.05) is 6.42 Å². The third-order valence-corrected chi connectivity index (χ3v) is 2.32. The minimum absolute atomic E-state index is 0.0355. The van der Waals surface area contributed by atoms with Crippen LogP contribution in [0.25, 0.3) is 0 Å². The first-order chi connectivity index (χ1) is 5.36. The molecule has 0 aromatic heterocycles. The molecule has 3 nitrogen and oxygen atoms in total. The second-order valence-electron chi connectivity index (χ2n) is 3.43. The molecule has 0 radical (unpaired) electrons. The molecule has 1 N–H and O–H groups in total. The molecule has 0 fully saturated rings. The van der Waals surface area contributed by atoms with Gasteiger partial charge >= 0.3 is 0 Å². The molecule has 0 saturated carbocycles. The largest absolute Gasteiger partial charge is 0.385 e. The standard InChI is InChI=1S/C9H12O3/c1-5-8(6(2)10)7(11)4-9(5,3)12/h12H,4H2,1-3H3. The van der Waals surface area contributed by atoms with Crippen LogP contribution in [0.1, 0.15) is 27.2 Å². The summed E-state index contributed by atoms with van der Waals surface area (Å²) in [7, 11) is 0. The summed E-state index contributed by atoms with van der Waals surface area (Å²) < 4.78 is 0. The molecular weight excluding hydrogens is 156 g/mol. The number of carbonyl (C=O) groups is 2. The quantitative estimate of drug-likeness (QED) is 0.584. The van der Waals surface area contributed by atoms with Gasteiger partial charge in [-0.25, -0.2) is 0 Å². The van der Waals surface area contributed by atoms with Crippen molar-refractivity contribution in [3.05, 3.63) is 11.1 Å². The fourth-order valence-electron chi connectivity index (χ4n) is 1.47. The summed E-state index contributed by atoms with van der Waals surface area (Å²) >= 11 is 0. The summed E-state index contributed by atoms with van der Waals surface area (Å²) in [6, 6.07) is 0. The van der Waals surface area contributed by atoms with Crippen molar-refractivity contribution in [3.8, 4) is 0 Å². The van der Waals surface area contributed by atoms with Gasteiger partial charge in [-0.05, 0) is 26.3 Å². The van der Waals surface area contributed by atoms with Crippen LogP contribution < -0.4 is 0 Å². The first kappa shape index (κ1) is 9.13. The normalized spacial score (nSPS) is 29.8. The zero-order valence-corrected chi connectivity index (χ0v) is 7.47. The van der Waals surface area contributed by atoms with Crippen molar-refractivity contribution in [3.63, 3.8) is 0 Å².